The van der Waals surface area contributed by atoms with Gasteiger partial charge in [-0.2, -0.15) is 0 Å². The number of hydrogen-bond donors (Lipinski definition) is 0. The number of rotatable bonds is 0. The molecule has 6 heteroatoms. The average molecular weight is 332 g/mol. The molecule has 0 unspecified atom stereocenters. The Hall–Kier alpha value is -1.72. The van der Waals surface area contributed by atoms with Crippen LogP contribution in [0.1, 0.15) is 38.5 Å². The van der Waals surface area contributed by atoms with E-state index < -0.39 is 0 Å². The maximum Gasteiger partial charge on any atom is 0.317 e. The summed E-state index contributed by atoms with van der Waals surface area (Å²) in [6, 6.07) is 0. The Labute approximate surface area is 139 Å². The molecule has 2 aliphatic heterocycles. The standard InChI is InChI=1S/2C9H10O3/c2*10-8-6-4-1-2-5(3-4)7(6)9(11)12-8/h2*4-7H,1-3H2/t2*4-,5+,6+,7-. The van der Waals surface area contributed by atoms with Gasteiger partial charge in [-0.15, -0.1) is 0 Å². The molecule has 0 aromatic carbocycles. The SMILES string of the molecule is O=C1OC(=O)[C@H]2[C@@H]3CC[C@@H](C3)[C@@H]12.O=C1OC(=O)[C@H]2[C@@H]3CC[C@@H](C3)[C@@H]12. The lowest BCUT2D eigenvalue weighted by molar-refractivity contribution is -0.156. The van der Waals surface area contributed by atoms with Crippen LogP contribution < -0.4 is 0 Å². The number of cyclic esters (lactones) is 4. The first-order chi connectivity index (χ1) is 11.5. The third kappa shape index (κ3) is 1.82. The smallest absolute Gasteiger partial charge is 0.317 e. The number of esters is 4. The van der Waals surface area contributed by atoms with Gasteiger partial charge in [0.15, 0.2) is 0 Å². The van der Waals surface area contributed by atoms with Crippen LogP contribution in [0, 0.1) is 47.3 Å². The van der Waals surface area contributed by atoms with Crippen LogP contribution in [-0.4, -0.2) is 23.9 Å². The van der Waals surface area contributed by atoms with Crippen LogP contribution in [0.15, 0.2) is 0 Å². The summed E-state index contributed by atoms with van der Waals surface area (Å²) in [6.45, 7) is 0. The molecule has 0 spiro atoms. The minimum Gasteiger partial charge on any atom is -0.393 e. The van der Waals surface area contributed by atoms with Gasteiger partial charge in [-0.25, -0.2) is 0 Å². The number of carbonyl (C=O) groups excluding carboxylic acids is 4. The van der Waals surface area contributed by atoms with E-state index in [0.717, 1.165) is 38.5 Å². The second kappa shape index (κ2) is 4.90. The molecule has 0 radical (unpaired) electrons. The van der Waals surface area contributed by atoms with E-state index in [9.17, 15) is 19.2 Å². The van der Waals surface area contributed by atoms with Crippen molar-refractivity contribution in [1.82, 2.24) is 0 Å². The predicted molar refractivity (Wildman–Crippen MR) is 77.8 cm³/mol. The minimum absolute atomic E-state index is 0.0590. The van der Waals surface area contributed by atoms with E-state index >= 15 is 0 Å². The Morgan fingerprint density at radius 3 is 1.00 bits per heavy atom. The Bertz CT molecular complexity index is 546. The van der Waals surface area contributed by atoms with Crippen molar-refractivity contribution < 1.29 is 28.7 Å². The summed E-state index contributed by atoms with van der Waals surface area (Å²) in [5, 5.41) is 0. The second-order valence-electron chi connectivity index (χ2n) is 8.25. The molecule has 8 atom stereocenters. The molecule has 2 heterocycles. The molecule has 2 saturated heterocycles. The van der Waals surface area contributed by atoms with Crippen molar-refractivity contribution in [2.45, 2.75) is 38.5 Å². The number of hydrogen-bond acceptors (Lipinski definition) is 6. The predicted octanol–water partition coefficient (Wildman–Crippen LogP) is 1.46. The zero-order valence-corrected chi connectivity index (χ0v) is 13.3. The molecule has 6 nitrogen and oxygen atoms in total. The highest BCUT2D eigenvalue weighted by atomic mass is 16.6. The summed E-state index contributed by atoms with van der Waals surface area (Å²) in [7, 11) is 0. The highest BCUT2D eigenvalue weighted by Gasteiger charge is 2.60. The summed E-state index contributed by atoms with van der Waals surface area (Å²) in [6.07, 6.45) is 6.64. The molecule has 128 valence electrons. The van der Waals surface area contributed by atoms with Gasteiger partial charge in [-0.3, -0.25) is 19.2 Å². The van der Waals surface area contributed by atoms with Gasteiger partial charge in [-0.05, 0) is 62.2 Å². The fourth-order valence-electron chi connectivity index (χ4n) is 6.41. The number of fused-ring (bicyclic) bond motifs is 10. The molecular weight excluding hydrogens is 312 g/mol. The first-order valence-corrected chi connectivity index (χ1v) is 9.05. The summed E-state index contributed by atoms with van der Waals surface area (Å²) in [5.41, 5.74) is 0. The van der Waals surface area contributed by atoms with E-state index in [0.29, 0.717) is 23.7 Å². The van der Waals surface area contributed by atoms with Crippen molar-refractivity contribution in [2.75, 3.05) is 0 Å². The largest absolute Gasteiger partial charge is 0.393 e. The summed E-state index contributed by atoms with van der Waals surface area (Å²) < 4.78 is 9.26. The molecule has 24 heavy (non-hydrogen) atoms. The molecule has 0 amide bonds. The topological polar surface area (TPSA) is 86.7 Å². The Balaban J connectivity index is 0.000000109. The lowest BCUT2D eigenvalue weighted by atomic mass is 9.81. The van der Waals surface area contributed by atoms with Gasteiger partial charge in [0.25, 0.3) is 0 Å². The average Bonchev–Trinajstić information content (AvgIpc) is 3.34. The Morgan fingerprint density at radius 1 is 0.500 bits per heavy atom. The van der Waals surface area contributed by atoms with Crippen molar-refractivity contribution in [1.29, 1.82) is 0 Å². The second-order valence-corrected chi connectivity index (χ2v) is 8.25. The van der Waals surface area contributed by atoms with Crippen LogP contribution >= 0.6 is 0 Å². The van der Waals surface area contributed by atoms with E-state index in [-0.39, 0.29) is 47.5 Å². The molecule has 0 aromatic heterocycles. The van der Waals surface area contributed by atoms with Gasteiger partial charge in [-0.1, -0.05) is 0 Å². The van der Waals surface area contributed by atoms with Gasteiger partial charge in [0.05, 0.1) is 23.7 Å². The molecule has 6 rings (SSSR count). The van der Waals surface area contributed by atoms with Gasteiger partial charge in [0.2, 0.25) is 0 Å². The highest BCUT2D eigenvalue weighted by Crippen LogP contribution is 2.56. The monoisotopic (exact) mass is 332 g/mol. The van der Waals surface area contributed by atoms with E-state index in [4.69, 9.17) is 0 Å². The van der Waals surface area contributed by atoms with Crippen LogP contribution in [0.2, 0.25) is 0 Å². The molecular formula is C18H20O6. The molecule has 6 fully saturated rings. The van der Waals surface area contributed by atoms with Crippen LogP contribution in [0.25, 0.3) is 0 Å². The van der Waals surface area contributed by atoms with Crippen LogP contribution in [0.5, 0.6) is 0 Å². The molecule has 4 saturated carbocycles. The fourth-order valence-corrected chi connectivity index (χ4v) is 6.41. The lowest BCUT2D eigenvalue weighted by Gasteiger charge is -2.17. The summed E-state index contributed by atoms with van der Waals surface area (Å²) in [5.74, 6) is 0.583. The maximum atomic E-state index is 11.2. The van der Waals surface area contributed by atoms with Crippen LogP contribution in [-0.2, 0) is 28.7 Å². The highest BCUT2D eigenvalue weighted by molar-refractivity contribution is 5.98. The molecule has 4 bridgehead atoms. The van der Waals surface area contributed by atoms with Gasteiger partial charge in [0.1, 0.15) is 0 Å². The molecule has 6 aliphatic rings. The first-order valence-electron chi connectivity index (χ1n) is 9.05. The zero-order chi connectivity index (χ0) is 16.6. The summed E-state index contributed by atoms with van der Waals surface area (Å²) in [4.78, 5) is 44.9. The van der Waals surface area contributed by atoms with E-state index in [2.05, 4.69) is 9.47 Å². The van der Waals surface area contributed by atoms with Crippen LogP contribution in [0.4, 0.5) is 0 Å². The van der Waals surface area contributed by atoms with E-state index in [1.807, 2.05) is 0 Å². The Morgan fingerprint density at radius 2 is 0.750 bits per heavy atom. The van der Waals surface area contributed by atoms with Crippen molar-refractivity contribution >= 4 is 23.9 Å². The minimum atomic E-state index is -0.253. The number of ether oxygens (including phenoxy) is 2. The zero-order valence-electron chi connectivity index (χ0n) is 13.3. The van der Waals surface area contributed by atoms with E-state index in [1.165, 1.54) is 0 Å². The van der Waals surface area contributed by atoms with Crippen molar-refractivity contribution in [3.05, 3.63) is 0 Å². The van der Waals surface area contributed by atoms with Gasteiger partial charge < -0.3 is 9.47 Å². The number of carbonyl (C=O) groups is 4. The molecule has 0 N–H and O–H groups in total. The van der Waals surface area contributed by atoms with E-state index in [1.54, 1.807) is 0 Å². The molecule has 0 aromatic rings. The normalized spacial score (nSPS) is 49.7. The maximum absolute atomic E-state index is 11.2. The van der Waals surface area contributed by atoms with Crippen molar-refractivity contribution in [3.63, 3.8) is 0 Å². The van der Waals surface area contributed by atoms with Crippen LogP contribution in [0.3, 0.4) is 0 Å². The third-order valence-electron chi connectivity index (χ3n) is 7.32. The first kappa shape index (κ1) is 14.6. The van der Waals surface area contributed by atoms with Gasteiger partial charge in [0, 0.05) is 0 Å². The molecule has 4 aliphatic carbocycles. The fraction of sp³-hybridized carbons (Fsp3) is 0.778. The third-order valence-corrected chi connectivity index (χ3v) is 7.32. The van der Waals surface area contributed by atoms with Crippen molar-refractivity contribution in [2.24, 2.45) is 47.3 Å². The summed E-state index contributed by atoms with van der Waals surface area (Å²) >= 11 is 0. The van der Waals surface area contributed by atoms with Gasteiger partial charge >= 0.3 is 23.9 Å². The Kier molecular flexibility index (Phi) is 2.98. The van der Waals surface area contributed by atoms with Crippen molar-refractivity contribution in [3.8, 4) is 0 Å². The lowest BCUT2D eigenvalue weighted by Crippen LogP contribution is -2.24. The quantitative estimate of drug-likeness (QED) is 0.493.